The van der Waals surface area contributed by atoms with Gasteiger partial charge in [-0.15, -0.1) is 0 Å². The quantitative estimate of drug-likeness (QED) is 0.778. The smallest absolute Gasteiger partial charge is 0.153 e. The zero-order chi connectivity index (χ0) is 14.6. The lowest BCUT2D eigenvalue weighted by atomic mass is 9.80. The molecule has 4 heteroatoms. The van der Waals surface area contributed by atoms with E-state index in [4.69, 9.17) is 16.3 Å². The van der Waals surface area contributed by atoms with Crippen LogP contribution in [-0.4, -0.2) is 12.4 Å². The summed E-state index contributed by atoms with van der Waals surface area (Å²) in [7, 11) is 0. The molecule has 4 aliphatic carbocycles. The molecule has 0 spiro atoms. The minimum absolute atomic E-state index is 0.00214. The fraction of sp³-hybridized carbons (Fsp3) is 0.588. The van der Waals surface area contributed by atoms with Crippen molar-refractivity contribution in [1.29, 1.82) is 0 Å². The van der Waals surface area contributed by atoms with Crippen molar-refractivity contribution < 1.29 is 13.9 Å². The first-order chi connectivity index (χ1) is 10.2. The molecule has 4 fully saturated rings. The standard InChI is InChI=1S/C17H18ClFO2/c18-15-5-12(7-20)16(19)6-13(15)8-21-17-11-2-9-1-10(4-11)14(17)3-9/h5-7,9-11,14,17H,1-4,8H2. The molecule has 0 N–H and O–H groups in total. The van der Waals surface area contributed by atoms with Crippen molar-refractivity contribution in [2.75, 3.05) is 0 Å². The molecule has 4 saturated carbocycles. The van der Waals surface area contributed by atoms with E-state index in [9.17, 15) is 9.18 Å². The van der Waals surface area contributed by atoms with Crippen LogP contribution in [0.2, 0.25) is 5.02 Å². The molecule has 1 aromatic carbocycles. The molecule has 0 saturated heterocycles. The van der Waals surface area contributed by atoms with E-state index < -0.39 is 5.82 Å². The van der Waals surface area contributed by atoms with Crippen LogP contribution < -0.4 is 0 Å². The number of aldehydes is 1. The molecule has 4 aliphatic rings. The highest BCUT2D eigenvalue weighted by molar-refractivity contribution is 6.31. The van der Waals surface area contributed by atoms with Gasteiger partial charge in [0, 0.05) is 5.02 Å². The highest BCUT2D eigenvalue weighted by Gasteiger charge is 2.54. The molecular formula is C17H18ClFO2. The van der Waals surface area contributed by atoms with Gasteiger partial charge >= 0.3 is 0 Å². The molecule has 4 bridgehead atoms. The largest absolute Gasteiger partial charge is 0.373 e. The molecule has 0 aromatic heterocycles. The maximum Gasteiger partial charge on any atom is 0.153 e. The molecule has 2 nitrogen and oxygen atoms in total. The van der Waals surface area contributed by atoms with E-state index in [1.165, 1.54) is 37.8 Å². The number of rotatable bonds is 4. The number of halogens is 2. The maximum absolute atomic E-state index is 13.7. The number of ether oxygens (including phenoxy) is 1. The van der Waals surface area contributed by atoms with Crippen LogP contribution in [0.5, 0.6) is 0 Å². The van der Waals surface area contributed by atoms with Crippen molar-refractivity contribution in [2.24, 2.45) is 23.7 Å². The van der Waals surface area contributed by atoms with Crippen molar-refractivity contribution in [3.63, 3.8) is 0 Å². The number of carbonyl (C=O) groups is 1. The average Bonchev–Trinajstić information content (AvgIpc) is 2.88. The van der Waals surface area contributed by atoms with Crippen LogP contribution in [0, 0.1) is 29.5 Å². The van der Waals surface area contributed by atoms with Gasteiger partial charge in [-0.1, -0.05) is 11.6 Å². The first kappa shape index (κ1) is 13.7. The number of carbonyl (C=O) groups excluding carboxylic acids is 1. The van der Waals surface area contributed by atoms with Crippen LogP contribution >= 0.6 is 11.6 Å². The number of benzene rings is 1. The summed E-state index contributed by atoms with van der Waals surface area (Å²) in [6.45, 7) is 0.337. The van der Waals surface area contributed by atoms with E-state index in [0.717, 1.165) is 11.8 Å². The van der Waals surface area contributed by atoms with Gasteiger partial charge in [0.2, 0.25) is 0 Å². The number of hydrogen-bond acceptors (Lipinski definition) is 2. The van der Waals surface area contributed by atoms with Crippen LogP contribution in [-0.2, 0) is 11.3 Å². The first-order valence-corrected chi connectivity index (χ1v) is 8.08. The highest BCUT2D eigenvalue weighted by Crippen LogP contribution is 2.59. The van der Waals surface area contributed by atoms with Gasteiger partial charge < -0.3 is 4.74 Å². The molecule has 0 heterocycles. The Labute approximate surface area is 128 Å². The van der Waals surface area contributed by atoms with Crippen molar-refractivity contribution in [1.82, 2.24) is 0 Å². The SMILES string of the molecule is O=Cc1cc(Cl)c(COC2C3CC4CC(C3)C2C4)cc1F. The molecule has 1 aromatic rings. The predicted octanol–water partition coefficient (Wildman–Crippen LogP) is 4.24. The normalized spacial score (nSPS) is 36.4. The summed E-state index contributed by atoms with van der Waals surface area (Å²) < 4.78 is 19.8. The Balaban J connectivity index is 1.48. The van der Waals surface area contributed by atoms with E-state index in [-0.39, 0.29) is 5.56 Å². The third-order valence-electron chi connectivity index (χ3n) is 5.70. The second-order valence-corrected chi connectivity index (χ2v) is 7.26. The molecule has 5 rings (SSSR count). The van der Waals surface area contributed by atoms with Gasteiger partial charge in [-0.2, -0.15) is 0 Å². The summed E-state index contributed by atoms with van der Waals surface area (Å²) >= 11 is 6.12. The van der Waals surface area contributed by atoms with Crippen molar-refractivity contribution in [3.05, 3.63) is 34.1 Å². The molecule has 0 radical (unpaired) electrons. The fourth-order valence-electron chi connectivity index (χ4n) is 4.92. The van der Waals surface area contributed by atoms with Gasteiger partial charge in [0.15, 0.2) is 6.29 Å². The molecule has 5 unspecified atom stereocenters. The van der Waals surface area contributed by atoms with E-state index in [2.05, 4.69) is 0 Å². The van der Waals surface area contributed by atoms with Crippen molar-refractivity contribution in [3.8, 4) is 0 Å². The van der Waals surface area contributed by atoms with Gasteiger partial charge in [-0.05, 0) is 67.1 Å². The Morgan fingerprint density at radius 3 is 2.81 bits per heavy atom. The lowest BCUT2D eigenvalue weighted by molar-refractivity contribution is -0.0324. The van der Waals surface area contributed by atoms with Crippen LogP contribution in [0.4, 0.5) is 4.39 Å². The molecule has 112 valence electrons. The highest BCUT2D eigenvalue weighted by atomic mass is 35.5. The minimum atomic E-state index is -0.526. The lowest BCUT2D eigenvalue weighted by Crippen LogP contribution is -2.30. The van der Waals surface area contributed by atoms with Gasteiger partial charge in [-0.25, -0.2) is 4.39 Å². The van der Waals surface area contributed by atoms with Crippen LogP contribution in [0.3, 0.4) is 0 Å². The maximum atomic E-state index is 13.7. The van der Waals surface area contributed by atoms with Crippen molar-refractivity contribution in [2.45, 2.75) is 38.4 Å². The third kappa shape index (κ3) is 2.22. The second-order valence-electron chi connectivity index (χ2n) is 6.85. The summed E-state index contributed by atoms with van der Waals surface area (Å²) in [6, 6.07) is 2.71. The van der Waals surface area contributed by atoms with Gasteiger partial charge in [0.05, 0.1) is 18.3 Å². The van der Waals surface area contributed by atoms with E-state index in [0.29, 0.717) is 41.4 Å². The monoisotopic (exact) mass is 308 g/mol. The average molecular weight is 309 g/mol. The third-order valence-corrected chi connectivity index (χ3v) is 6.05. The summed E-state index contributed by atoms with van der Waals surface area (Å²) in [5.41, 5.74) is 0.638. The Hall–Kier alpha value is -0.930. The van der Waals surface area contributed by atoms with Gasteiger partial charge in [0.1, 0.15) is 5.82 Å². The Kier molecular flexibility index (Phi) is 3.31. The van der Waals surface area contributed by atoms with Crippen LogP contribution in [0.25, 0.3) is 0 Å². The predicted molar refractivity (Wildman–Crippen MR) is 77.8 cm³/mol. The lowest BCUT2D eigenvalue weighted by Gasteiger charge is -2.32. The summed E-state index contributed by atoms with van der Waals surface area (Å²) in [5, 5.41) is 0.408. The Morgan fingerprint density at radius 1 is 1.24 bits per heavy atom. The first-order valence-electron chi connectivity index (χ1n) is 7.70. The molecule has 0 amide bonds. The molecule has 0 aliphatic heterocycles. The summed E-state index contributed by atoms with van der Waals surface area (Å²) in [5.74, 6) is 2.63. The fourth-order valence-corrected chi connectivity index (χ4v) is 5.15. The molecule has 5 atom stereocenters. The second kappa shape index (κ2) is 5.06. The summed E-state index contributed by atoms with van der Waals surface area (Å²) in [4.78, 5) is 10.7. The van der Waals surface area contributed by atoms with Crippen LogP contribution in [0.1, 0.15) is 41.6 Å². The zero-order valence-electron chi connectivity index (χ0n) is 11.7. The Bertz CT molecular complexity index is 584. The zero-order valence-corrected chi connectivity index (χ0v) is 12.5. The minimum Gasteiger partial charge on any atom is -0.373 e. The van der Waals surface area contributed by atoms with Crippen LogP contribution in [0.15, 0.2) is 12.1 Å². The molecular weight excluding hydrogens is 291 g/mol. The van der Waals surface area contributed by atoms with Gasteiger partial charge in [0.25, 0.3) is 0 Å². The number of hydrogen-bond donors (Lipinski definition) is 0. The molecule has 21 heavy (non-hydrogen) atoms. The summed E-state index contributed by atoms with van der Waals surface area (Å²) in [6.07, 6.45) is 6.09. The topological polar surface area (TPSA) is 26.3 Å². The van der Waals surface area contributed by atoms with E-state index >= 15 is 0 Å². The van der Waals surface area contributed by atoms with E-state index in [1.54, 1.807) is 0 Å². The van der Waals surface area contributed by atoms with E-state index in [1.807, 2.05) is 0 Å². The Morgan fingerprint density at radius 2 is 2.05 bits per heavy atom. The van der Waals surface area contributed by atoms with Gasteiger partial charge in [-0.3, -0.25) is 4.79 Å². The van der Waals surface area contributed by atoms with Crippen molar-refractivity contribution >= 4 is 17.9 Å².